The van der Waals surface area contributed by atoms with Gasteiger partial charge in [-0.1, -0.05) is 48.5 Å². The van der Waals surface area contributed by atoms with Gasteiger partial charge in [-0.15, -0.1) is 11.6 Å². The van der Waals surface area contributed by atoms with E-state index in [2.05, 4.69) is 49.9 Å². The van der Waals surface area contributed by atoms with Crippen molar-refractivity contribution in [1.82, 2.24) is 45.3 Å². The number of carboxylic acid groups (broad SMARTS) is 1. The molecule has 458 valence electrons. The molecule has 4 fully saturated rings. The number of aromatic carboxylic acids is 1. The summed E-state index contributed by atoms with van der Waals surface area (Å²) in [6.45, 7) is 16.1. The largest absolute Gasteiger partial charge is 0.478 e. The van der Waals surface area contributed by atoms with Crippen molar-refractivity contribution in [1.29, 1.82) is 0 Å². The Kier molecular flexibility index (Phi) is 26.0. The number of aromatic amines is 2. The summed E-state index contributed by atoms with van der Waals surface area (Å²) in [5.74, 6) is -2.95. The molecule has 3 unspecified atom stereocenters. The summed E-state index contributed by atoms with van der Waals surface area (Å²) in [5.41, 5.74) is 6.55. The second-order valence-corrected chi connectivity index (χ2v) is 21.4. The number of anilines is 1. The second-order valence-electron chi connectivity index (χ2n) is 21.0. The third-order valence-corrected chi connectivity index (χ3v) is 15.1. The van der Waals surface area contributed by atoms with Crippen molar-refractivity contribution in [2.45, 2.75) is 90.3 Å². The van der Waals surface area contributed by atoms with E-state index in [-0.39, 0.29) is 46.8 Å². The molecule has 4 aromatic carbocycles. The lowest BCUT2D eigenvalue weighted by Crippen LogP contribution is -2.39. The molecule has 3 atom stereocenters. The Balaban J connectivity index is 0.000000193. The highest BCUT2D eigenvalue weighted by Gasteiger charge is 2.44. The average molecular weight is 1200 g/mol. The zero-order valence-electron chi connectivity index (χ0n) is 48.9. The molecule has 6 heterocycles. The molecule has 85 heavy (non-hydrogen) atoms. The minimum absolute atomic E-state index is 0.0586. The van der Waals surface area contributed by atoms with E-state index in [1.165, 1.54) is 95.2 Å². The Bertz CT molecular complexity index is 3330. The number of carboxylic acids is 1. The number of likely N-dealkylation sites (tertiary alicyclic amines) is 3. The van der Waals surface area contributed by atoms with Crippen LogP contribution in [0.25, 0.3) is 21.5 Å². The van der Waals surface area contributed by atoms with Crippen LogP contribution in [0, 0.1) is 11.6 Å². The fourth-order valence-electron chi connectivity index (χ4n) is 10.2. The minimum atomic E-state index is -1.32. The maximum absolute atomic E-state index is 14.9. The number of benzene rings is 4. The van der Waals surface area contributed by atoms with Crippen molar-refractivity contribution in [2.75, 3.05) is 97.0 Å². The monoisotopic (exact) mass is 1200 g/mol. The van der Waals surface area contributed by atoms with Crippen LogP contribution < -0.4 is 27.1 Å². The van der Waals surface area contributed by atoms with E-state index < -0.39 is 41.6 Å². The van der Waals surface area contributed by atoms with Gasteiger partial charge in [-0.3, -0.25) is 24.0 Å². The van der Waals surface area contributed by atoms with E-state index in [4.69, 9.17) is 22.4 Å². The number of H-pyrrole nitrogens is 2. The molecule has 4 aliphatic heterocycles. The Morgan fingerprint density at radius 3 is 1.59 bits per heavy atom. The molecule has 0 radical (unpaired) electrons. The van der Waals surface area contributed by atoms with Crippen molar-refractivity contribution in [3.05, 3.63) is 145 Å². The van der Waals surface area contributed by atoms with Crippen molar-refractivity contribution >= 4 is 68.7 Å². The van der Waals surface area contributed by atoms with E-state index in [0.29, 0.717) is 63.6 Å². The number of aromatic nitrogens is 4. The SMILES string of the molecule is CC1C(=O)N(c2cc(Cc3n[nH]c(=O)c4ccccc34)ccc2F)C(=O)N1CCN1CCCC1.COC(=O)C(C)N.COC(=O)C(C)NCCN1CCCC1.ClCCN1CCCC1.O=C(O)c1cc(Cc2n[nH]c(=O)c3ccccc23)ccc1F. The number of carbonyl (C=O) groups is 5. The number of nitrogens with two attached hydrogens (primary N) is 1. The number of nitrogens with zero attached hydrogens (tertiary/aromatic N) is 7. The van der Waals surface area contributed by atoms with Crippen molar-refractivity contribution in [2.24, 2.45) is 5.73 Å². The van der Waals surface area contributed by atoms with Crippen LogP contribution in [-0.4, -0.2) is 185 Å². The molecule has 24 heteroatoms. The number of hydrogen-bond donors (Lipinski definition) is 5. The summed E-state index contributed by atoms with van der Waals surface area (Å²) >= 11 is 5.54. The van der Waals surface area contributed by atoms with Crippen LogP contribution in [0.4, 0.5) is 19.3 Å². The molecule has 10 rings (SSSR count). The summed E-state index contributed by atoms with van der Waals surface area (Å²) in [6.07, 6.45) is 8.25. The number of ether oxygens (including phenoxy) is 2. The number of fused-ring (bicyclic) bond motifs is 2. The van der Waals surface area contributed by atoms with Gasteiger partial charge in [-0.25, -0.2) is 33.5 Å². The lowest BCUT2D eigenvalue weighted by Gasteiger charge is -2.23. The summed E-state index contributed by atoms with van der Waals surface area (Å²) in [4.78, 5) is 91.7. The number of hydrogen-bond acceptors (Lipinski definition) is 16. The number of esters is 2. The number of amides is 3. The quantitative estimate of drug-likeness (QED) is 0.0380. The van der Waals surface area contributed by atoms with Crippen LogP contribution >= 0.6 is 11.6 Å². The lowest BCUT2D eigenvalue weighted by atomic mass is 10.0. The first-order valence-electron chi connectivity index (χ1n) is 28.6. The third kappa shape index (κ3) is 19.0. The van der Waals surface area contributed by atoms with E-state index in [0.717, 1.165) is 62.4 Å². The summed E-state index contributed by atoms with van der Waals surface area (Å²) in [6, 6.07) is 20.6. The summed E-state index contributed by atoms with van der Waals surface area (Å²) in [7, 11) is 2.73. The van der Waals surface area contributed by atoms with E-state index in [9.17, 15) is 42.3 Å². The predicted octanol–water partition coefficient (Wildman–Crippen LogP) is 6.32. The van der Waals surface area contributed by atoms with Gasteiger partial charge in [0.1, 0.15) is 29.8 Å². The van der Waals surface area contributed by atoms with Gasteiger partial charge < -0.3 is 45.2 Å². The highest BCUT2D eigenvalue weighted by Crippen LogP contribution is 2.30. The normalized spacial score (nSPS) is 16.8. The molecule has 0 aliphatic carbocycles. The number of imide groups is 1. The second kappa shape index (κ2) is 33.2. The van der Waals surface area contributed by atoms with E-state index >= 15 is 0 Å². The van der Waals surface area contributed by atoms with Gasteiger partial charge >= 0.3 is 23.9 Å². The zero-order valence-corrected chi connectivity index (χ0v) is 49.7. The first-order chi connectivity index (χ1) is 40.8. The molecule has 4 saturated heterocycles. The molecule has 2 aromatic heterocycles. The Morgan fingerprint density at radius 1 is 0.671 bits per heavy atom. The van der Waals surface area contributed by atoms with Gasteiger partial charge in [-0.2, -0.15) is 10.2 Å². The number of urea groups is 1. The van der Waals surface area contributed by atoms with Crippen LogP contribution in [0.5, 0.6) is 0 Å². The molecule has 0 spiro atoms. The maximum Gasteiger partial charge on any atom is 0.338 e. The number of nitrogens with one attached hydrogen (secondary N) is 3. The van der Waals surface area contributed by atoms with E-state index in [1.54, 1.807) is 56.3 Å². The molecular formula is C61H78ClF2N11O10. The third-order valence-electron chi connectivity index (χ3n) is 14.9. The summed E-state index contributed by atoms with van der Waals surface area (Å²) < 4.78 is 37.2. The predicted molar refractivity (Wildman–Crippen MR) is 322 cm³/mol. The number of rotatable bonds is 17. The van der Waals surface area contributed by atoms with Crippen molar-refractivity contribution in [3.63, 3.8) is 0 Å². The highest BCUT2D eigenvalue weighted by atomic mass is 35.5. The molecule has 0 bridgehead atoms. The number of methoxy groups -OCH3 is 2. The number of carbonyl (C=O) groups excluding carboxylic acids is 4. The molecular weight excluding hydrogens is 1120 g/mol. The van der Waals surface area contributed by atoms with Crippen LogP contribution in [0.3, 0.4) is 0 Å². The molecule has 6 N–H and O–H groups in total. The molecule has 6 aromatic rings. The van der Waals surface area contributed by atoms with Gasteiger partial charge in [0.25, 0.3) is 17.0 Å². The maximum atomic E-state index is 14.9. The Morgan fingerprint density at radius 2 is 1.13 bits per heavy atom. The minimum Gasteiger partial charge on any atom is -0.478 e. The number of alkyl halides is 1. The Labute approximate surface area is 497 Å². The van der Waals surface area contributed by atoms with Crippen LogP contribution in [0.1, 0.15) is 92.2 Å². The van der Waals surface area contributed by atoms with Gasteiger partial charge in [0, 0.05) is 62.2 Å². The van der Waals surface area contributed by atoms with Crippen molar-refractivity contribution < 1.29 is 47.3 Å². The first kappa shape index (κ1) is 66.6. The molecule has 4 aliphatic rings. The van der Waals surface area contributed by atoms with Gasteiger partial charge in [-0.05, 0) is 146 Å². The van der Waals surface area contributed by atoms with Crippen LogP contribution in [0.2, 0.25) is 0 Å². The molecule has 21 nitrogen and oxygen atoms in total. The molecule has 3 amide bonds. The first-order valence-corrected chi connectivity index (χ1v) is 29.1. The smallest absolute Gasteiger partial charge is 0.338 e. The van der Waals surface area contributed by atoms with Crippen LogP contribution in [0.15, 0.2) is 94.5 Å². The topological polar surface area (TPSA) is 270 Å². The summed E-state index contributed by atoms with van der Waals surface area (Å²) in [5, 5.41) is 27.6. The van der Waals surface area contributed by atoms with Gasteiger partial charge in [0.2, 0.25) is 0 Å². The van der Waals surface area contributed by atoms with Crippen LogP contribution in [-0.2, 0) is 36.7 Å². The highest BCUT2D eigenvalue weighted by molar-refractivity contribution is 6.21. The van der Waals surface area contributed by atoms with Gasteiger partial charge in [0.15, 0.2) is 0 Å². The Hall–Kier alpha value is -7.54. The zero-order chi connectivity index (χ0) is 61.6. The van der Waals surface area contributed by atoms with E-state index in [1.807, 2.05) is 19.1 Å². The van der Waals surface area contributed by atoms with Gasteiger partial charge in [0.05, 0.1) is 47.6 Å². The average Bonchev–Trinajstić information content (AvgIpc) is 2.80. The number of halogens is 3. The standard InChI is InChI=1S/C25H26FN5O3.C16H11FN2O3.C10H20N2O2.C6H12ClN.C4H9NO2/c1-16-24(33)31(25(34)30(16)13-12-29-10-4-5-11-29)22-15-17(8-9-20(22)26)14-21-18-6-2-3-7-19(18)23(32)28-27-21;17-13-6-5-9(7-12(13)16(21)22)8-14-10-3-1-2-4-11(10)15(20)19-18-14;1-9(10(13)14-2)11-5-8-12-6-3-4-7-12;7-3-6-8-4-1-2-5-8;1-3(5)4(6)7-2/h2-3,6-9,15-16H,4-5,10-14H2,1H3,(H,28,32);1-7H,8H2,(H,19,20)(H,21,22);9,11H,3-8H2,1-2H3;1-6H2;3H,5H2,1-2H3. The lowest BCUT2D eigenvalue weighted by molar-refractivity contribution is -0.143. The fraction of sp³-hybridized carbons (Fsp3) is 0.459. The molecule has 0 saturated carbocycles. The van der Waals surface area contributed by atoms with Crippen molar-refractivity contribution in [3.8, 4) is 0 Å². The fourth-order valence-corrected chi connectivity index (χ4v) is 10.4.